The summed E-state index contributed by atoms with van der Waals surface area (Å²) >= 11 is 0. The van der Waals surface area contributed by atoms with Crippen LogP contribution in [0.15, 0.2) is 24.3 Å². The zero-order valence-electron chi connectivity index (χ0n) is 45.9. The van der Waals surface area contributed by atoms with Crippen LogP contribution >= 0.6 is 0 Å². The summed E-state index contributed by atoms with van der Waals surface area (Å²) in [5, 5.41) is 23.4. The molecule has 3 N–H and O–H groups in total. The third kappa shape index (κ3) is 53.7. The van der Waals surface area contributed by atoms with E-state index in [-0.39, 0.29) is 18.5 Å². The Balaban J connectivity index is 3.44. The molecular formula is C62H119NO5. The van der Waals surface area contributed by atoms with Crippen molar-refractivity contribution in [2.24, 2.45) is 0 Å². The molecule has 0 saturated heterocycles. The number of ether oxygens (including phenoxy) is 1. The maximum Gasteiger partial charge on any atom is 0.305 e. The quantitative estimate of drug-likeness (QED) is 0.0321. The monoisotopic (exact) mass is 958 g/mol. The van der Waals surface area contributed by atoms with Crippen LogP contribution < -0.4 is 5.32 Å². The lowest BCUT2D eigenvalue weighted by molar-refractivity contribution is -0.143. The Morgan fingerprint density at radius 2 is 0.735 bits per heavy atom. The second-order valence-electron chi connectivity index (χ2n) is 21.0. The number of allylic oxidation sites excluding steroid dienone is 4. The van der Waals surface area contributed by atoms with Crippen LogP contribution in [0, 0.1) is 0 Å². The molecule has 0 aliphatic heterocycles. The van der Waals surface area contributed by atoms with E-state index in [1.165, 1.54) is 244 Å². The number of aliphatic hydroxyl groups is 2. The zero-order valence-corrected chi connectivity index (χ0v) is 45.9. The van der Waals surface area contributed by atoms with Crippen molar-refractivity contribution in [3.8, 4) is 0 Å². The Labute approximate surface area is 424 Å². The minimum atomic E-state index is -0.673. The molecule has 0 aromatic heterocycles. The van der Waals surface area contributed by atoms with Crippen LogP contribution in [0.1, 0.15) is 335 Å². The van der Waals surface area contributed by atoms with Crippen LogP contribution in [-0.4, -0.2) is 47.4 Å². The number of nitrogens with one attached hydrogen (secondary N) is 1. The molecule has 0 aliphatic rings. The number of carbonyl (C=O) groups is 2. The van der Waals surface area contributed by atoms with E-state index < -0.39 is 12.1 Å². The van der Waals surface area contributed by atoms with E-state index in [1.807, 2.05) is 0 Å². The van der Waals surface area contributed by atoms with Gasteiger partial charge in [-0.3, -0.25) is 9.59 Å². The van der Waals surface area contributed by atoms with E-state index in [2.05, 4.69) is 43.5 Å². The van der Waals surface area contributed by atoms with Crippen LogP contribution in [0.25, 0.3) is 0 Å². The first-order chi connectivity index (χ1) is 33.5. The summed E-state index contributed by atoms with van der Waals surface area (Å²) < 4.78 is 5.47. The molecule has 68 heavy (non-hydrogen) atoms. The SMILES string of the molecule is CCCCC/C=C\C/C=C\CCCCCCCC(=O)OCCCCCCCCCCCCCCCCC(=O)NC(CO)C(O)CCCCCCCCCCCCCCCCCCCCCCCC. The zero-order chi connectivity index (χ0) is 49.3. The first-order valence-corrected chi connectivity index (χ1v) is 30.6. The predicted molar refractivity (Wildman–Crippen MR) is 296 cm³/mol. The summed E-state index contributed by atoms with van der Waals surface area (Å²) in [6.45, 7) is 4.92. The number of hydrogen-bond acceptors (Lipinski definition) is 5. The highest BCUT2D eigenvalue weighted by Gasteiger charge is 2.20. The number of rotatable bonds is 57. The van der Waals surface area contributed by atoms with Crippen molar-refractivity contribution in [2.75, 3.05) is 13.2 Å². The van der Waals surface area contributed by atoms with Crippen LogP contribution in [0.2, 0.25) is 0 Å². The molecule has 1 amide bonds. The number of hydrogen-bond donors (Lipinski definition) is 3. The van der Waals surface area contributed by atoms with Gasteiger partial charge in [0.15, 0.2) is 0 Å². The van der Waals surface area contributed by atoms with E-state index in [0.717, 1.165) is 57.8 Å². The fraction of sp³-hybridized carbons (Fsp3) is 0.903. The van der Waals surface area contributed by atoms with Gasteiger partial charge in [0.1, 0.15) is 0 Å². The largest absolute Gasteiger partial charge is 0.466 e. The minimum absolute atomic E-state index is 0.0153. The first-order valence-electron chi connectivity index (χ1n) is 30.6. The molecule has 0 aromatic carbocycles. The number of unbranched alkanes of at least 4 members (excludes halogenated alkanes) is 42. The molecule has 0 bridgehead atoms. The van der Waals surface area contributed by atoms with Crippen LogP contribution in [0.3, 0.4) is 0 Å². The molecule has 6 heteroatoms. The molecule has 0 radical (unpaired) electrons. The van der Waals surface area contributed by atoms with Gasteiger partial charge in [-0.1, -0.05) is 289 Å². The van der Waals surface area contributed by atoms with Gasteiger partial charge in [-0.2, -0.15) is 0 Å². The lowest BCUT2D eigenvalue weighted by Gasteiger charge is -2.22. The average Bonchev–Trinajstić information content (AvgIpc) is 3.34. The van der Waals surface area contributed by atoms with Gasteiger partial charge >= 0.3 is 5.97 Å². The minimum Gasteiger partial charge on any atom is -0.466 e. The lowest BCUT2D eigenvalue weighted by Crippen LogP contribution is -2.45. The van der Waals surface area contributed by atoms with Crippen LogP contribution in [0.5, 0.6) is 0 Å². The normalized spacial score (nSPS) is 12.7. The molecule has 0 aliphatic carbocycles. The third-order valence-corrected chi connectivity index (χ3v) is 14.3. The maximum atomic E-state index is 12.5. The van der Waals surface area contributed by atoms with Gasteiger partial charge in [-0.15, -0.1) is 0 Å². The van der Waals surface area contributed by atoms with Gasteiger partial charge in [-0.05, 0) is 57.8 Å². The molecule has 2 unspecified atom stereocenters. The number of amides is 1. The molecule has 0 rings (SSSR count). The molecule has 2 atom stereocenters. The topological polar surface area (TPSA) is 95.9 Å². The number of aliphatic hydroxyl groups excluding tert-OH is 2. The van der Waals surface area contributed by atoms with Crippen LogP contribution in [-0.2, 0) is 14.3 Å². The van der Waals surface area contributed by atoms with Gasteiger partial charge in [0, 0.05) is 12.8 Å². The van der Waals surface area contributed by atoms with E-state index in [4.69, 9.17) is 4.74 Å². The standard InChI is InChI=1S/C62H119NO5/c1-3-5-7-9-11-13-15-17-19-20-21-22-23-24-25-27-30-34-38-42-46-50-54-60(65)59(58-64)63-61(66)55-51-47-43-39-35-31-28-29-33-37-41-45-49-53-57-68-62(67)56-52-48-44-40-36-32-26-18-16-14-12-10-8-6-4-2/h12,14,18,26,59-60,64-65H,3-11,13,15-17,19-25,27-58H2,1-2H3,(H,63,66)/b14-12-,26-18-. The summed E-state index contributed by atoms with van der Waals surface area (Å²) in [5.41, 5.74) is 0. The average molecular weight is 959 g/mol. The van der Waals surface area contributed by atoms with E-state index in [1.54, 1.807) is 0 Å². The van der Waals surface area contributed by atoms with Gasteiger partial charge in [0.25, 0.3) is 0 Å². The summed E-state index contributed by atoms with van der Waals surface area (Å²) in [7, 11) is 0. The molecule has 402 valence electrons. The van der Waals surface area contributed by atoms with Crippen molar-refractivity contribution in [2.45, 2.75) is 347 Å². The number of esters is 1. The van der Waals surface area contributed by atoms with Crippen molar-refractivity contribution in [3.05, 3.63) is 24.3 Å². The second-order valence-corrected chi connectivity index (χ2v) is 21.0. The number of carbonyl (C=O) groups excluding carboxylic acids is 2. The van der Waals surface area contributed by atoms with Crippen LogP contribution in [0.4, 0.5) is 0 Å². The molecular weight excluding hydrogens is 839 g/mol. The van der Waals surface area contributed by atoms with Crippen molar-refractivity contribution in [1.82, 2.24) is 5.32 Å². The highest BCUT2D eigenvalue weighted by atomic mass is 16.5. The molecule has 0 fully saturated rings. The van der Waals surface area contributed by atoms with Gasteiger partial charge in [-0.25, -0.2) is 0 Å². The molecule has 0 saturated carbocycles. The van der Waals surface area contributed by atoms with Crippen molar-refractivity contribution < 1.29 is 24.5 Å². The fourth-order valence-electron chi connectivity index (χ4n) is 9.55. The van der Waals surface area contributed by atoms with Crippen molar-refractivity contribution >= 4 is 11.9 Å². The van der Waals surface area contributed by atoms with E-state index >= 15 is 0 Å². The van der Waals surface area contributed by atoms with E-state index in [9.17, 15) is 19.8 Å². The summed E-state index contributed by atoms with van der Waals surface area (Å²) in [4.78, 5) is 24.6. The molecule has 0 heterocycles. The summed E-state index contributed by atoms with van der Waals surface area (Å²) in [5.74, 6) is -0.0581. The summed E-state index contributed by atoms with van der Waals surface area (Å²) in [6, 6.07) is -0.551. The smallest absolute Gasteiger partial charge is 0.305 e. The Morgan fingerprint density at radius 1 is 0.412 bits per heavy atom. The molecule has 0 aromatic rings. The summed E-state index contributed by atoms with van der Waals surface area (Å²) in [6.07, 6.45) is 70.3. The first kappa shape index (κ1) is 66.3. The fourth-order valence-corrected chi connectivity index (χ4v) is 9.55. The molecule has 0 spiro atoms. The van der Waals surface area contributed by atoms with Gasteiger partial charge in [0.05, 0.1) is 25.4 Å². The maximum absolute atomic E-state index is 12.5. The third-order valence-electron chi connectivity index (χ3n) is 14.3. The second kappa shape index (κ2) is 57.9. The van der Waals surface area contributed by atoms with Crippen molar-refractivity contribution in [3.63, 3.8) is 0 Å². The van der Waals surface area contributed by atoms with Gasteiger partial charge < -0.3 is 20.3 Å². The Kier molecular flexibility index (Phi) is 56.5. The van der Waals surface area contributed by atoms with E-state index in [0.29, 0.717) is 25.9 Å². The molecule has 6 nitrogen and oxygen atoms in total. The Hall–Kier alpha value is -1.66. The lowest BCUT2D eigenvalue weighted by atomic mass is 10.0. The van der Waals surface area contributed by atoms with Crippen molar-refractivity contribution in [1.29, 1.82) is 0 Å². The predicted octanol–water partition coefficient (Wildman–Crippen LogP) is 19.0. The van der Waals surface area contributed by atoms with Gasteiger partial charge in [0.2, 0.25) is 5.91 Å². The highest BCUT2D eigenvalue weighted by Crippen LogP contribution is 2.18. The Morgan fingerprint density at radius 3 is 1.15 bits per heavy atom. The highest BCUT2D eigenvalue weighted by molar-refractivity contribution is 5.76. The Bertz CT molecular complexity index is 1060.